The molecule has 2 aromatic rings. The van der Waals surface area contributed by atoms with Gasteiger partial charge in [-0.2, -0.15) is 5.10 Å². The predicted octanol–water partition coefficient (Wildman–Crippen LogP) is 1.07. The van der Waals surface area contributed by atoms with Crippen molar-refractivity contribution in [2.75, 3.05) is 19.6 Å². The maximum absolute atomic E-state index is 12.1. The highest BCUT2D eigenvalue weighted by Gasteiger charge is 2.24. The first-order chi connectivity index (χ1) is 11.6. The fourth-order valence-corrected chi connectivity index (χ4v) is 3.63. The van der Waals surface area contributed by atoms with Crippen LogP contribution < -0.4 is 11.1 Å². The number of H-pyrrole nitrogens is 1. The molecule has 2 amide bonds. The molecule has 1 fully saturated rings. The molecular formula is C16H21N5O2S. The van der Waals surface area contributed by atoms with E-state index in [0.29, 0.717) is 13.1 Å². The highest BCUT2D eigenvalue weighted by atomic mass is 32.1. The van der Waals surface area contributed by atoms with Crippen molar-refractivity contribution in [1.29, 1.82) is 0 Å². The lowest BCUT2D eigenvalue weighted by molar-refractivity contribution is -0.122. The van der Waals surface area contributed by atoms with Crippen LogP contribution in [-0.2, 0) is 11.3 Å². The number of piperidine rings is 1. The minimum absolute atomic E-state index is 0.0338. The molecule has 7 nitrogen and oxygen atoms in total. The zero-order chi connectivity index (χ0) is 16.9. The van der Waals surface area contributed by atoms with Gasteiger partial charge in [0.05, 0.1) is 13.1 Å². The van der Waals surface area contributed by atoms with Gasteiger partial charge in [-0.25, -0.2) is 0 Å². The van der Waals surface area contributed by atoms with E-state index in [4.69, 9.17) is 5.73 Å². The molecule has 0 spiro atoms. The third-order valence-electron chi connectivity index (χ3n) is 4.20. The number of nitrogens with zero attached hydrogens (tertiary/aromatic N) is 2. The highest BCUT2D eigenvalue weighted by molar-refractivity contribution is 7.09. The smallest absolute Gasteiger partial charge is 0.269 e. The summed E-state index contributed by atoms with van der Waals surface area (Å²) in [5.41, 5.74) is 6.41. The number of nitrogens with one attached hydrogen (secondary N) is 2. The number of carbonyl (C=O) groups is 2. The number of likely N-dealkylation sites (tertiary alicyclic amines) is 1. The van der Waals surface area contributed by atoms with E-state index >= 15 is 0 Å². The van der Waals surface area contributed by atoms with Gasteiger partial charge >= 0.3 is 0 Å². The van der Waals surface area contributed by atoms with E-state index in [1.165, 1.54) is 0 Å². The molecule has 0 unspecified atom stereocenters. The lowest BCUT2D eigenvalue weighted by Gasteiger charge is -2.31. The quantitative estimate of drug-likeness (QED) is 0.727. The van der Waals surface area contributed by atoms with Crippen LogP contribution in [0, 0.1) is 0 Å². The number of aromatic amines is 1. The predicted molar refractivity (Wildman–Crippen MR) is 91.7 cm³/mol. The summed E-state index contributed by atoms with van der Waals surface area (Å²) >= 11 is 1.64. The average Bonchev–Trinajstić information content (AvgIpc) is 3.25. The molecule has 1 aliphatic rings. The van der Waals surface area contributed by atoms with Crippen LogP contribution in [-0.4, -0.2) is 46.5 Å². The molecule has 0 aromatic carbocycles. The molecule has 2 aromatic heterocycles. The number of nitrogens with two attached hydrogens (primary N) is 1. The van der Waals surface area contributed by atoms with Gasteiger partial charge in [0.1, 0.15) is 5.69 Å². The summed E-state index contributed by atoms with van der Waals surface area (Å²) < 4.78 is 0. The summed E-state index contributed by atoms with van der Waals surface area (Å²) in [7, 11) is 0. The van der Waals surface area contributed by atoms with Crippen LogP contribution in [0.5, 0.6) is 0 Å². The van der Waals surface area contributed by atoms with E-state index in [-0.39, 0.29) is 17.5 Å². The number of primary amides is 1. The van der Waals surface area contributed by atoms with Crippen molar-refractivity contribution >= 4 is 23.2 Å². The molecule has 1 saturated heterocycles. The Morgan fingerprint density at radius 2 is 2.38 bits per heavy atom. The van der Waals surface area contributed by atoms with E-state index in [2.05, 4.69) is 20.4 Å². The Hall–Kier alpha value is -2.19. The van der Waals surface area contributed by atoms with Gasteiger partial charge in [0.2, 0.25) is 5.91 Å². The second kappa shape index (κ2) is 7.59. The van der Waals surface area contributed by atoms with Gasteiger partial charge in [0.15, 0.2) is 0 Å². The van der Waals surface area contributed by atoms with E-state index in [0.717, 1.165) is 36.5 Å². The van der Waals surface area contributed by atoms with E-state index < -0.39 is 5.91 Å². The van der Waals surface area contributed by atoms with Crippen LogP contribution in [0.15, 0.2) is 23.6 Å². The summed E-state index contributed by atoms with van der Waals surface area (Å²) in [6, 6.07) is 5.70. The monoisotopic (exact) mass is 347 g/mol. The number of thiophene rings is 1. The third kappa shape index (κ3) is 4.21. The zero-order valence-electron chi connectivity index (χ0n) is 13.3. The summed E-state index contributed by atoms with van der Waals surface area (Å²) in [5.74, 6) is -0.256. The van der Waals surface area contributed by atoms with Gasteiger partial charge in [-0.05, 0) is 36.9 Å². The number of carbonyl (C=O) groups excluding carboxylic acids is 2. The summed E-state index contributed by atoms with van der Waals surface area (Å²) in [6.45, 7) is 2.64. The number of hydrogen-bond donors (Lipinski definition) is 3. The van der Waals surface area contributed by atoms with Crippen LogP contribution in [0.2, 0.25) is 0 Å². The minimum Gasteiger partial charge on any atom is -0.364 e. The SMILES string of the molecule is NC(=O)c1cc([C@H]2CCCN(CC(=O)NCc3cccs3)C2)[nH]n1. The molecule has 0 aliphatic carbocycles. The van der Waals surface area contributed by atoms with Crippen molar-refractivity contribution in [3.63, 3.8) is 0 Å². The normalized spacial score (nSPS) is 18.4. The fourth-order valence-electron chi connectivity index (χ4n) is 2.98. The van der Waals surface area contributed by atoms with Gasteiger partial charge in [-0.1, -0.05) is 6.07 Å². The molecule has 1 atom stereocenters. The molecule has 0 radical (unpaired) electrons. The van der Waals surface area contributed by atoms with Crippen molar-refractivity contribution in [3.05, 3.63) is 39.8 Å². The van der Waals surface area contributed by atoms with E-state index in [1.807, 2.05) is 17.5 Å². The summed E-state index contributed by atoms with van der Waals surface area (Å²) in [5, 5.41) is 11.8. The van der Waals surface area contributed by atoms with Gasteiger partial charge < -0.3 is 11.1 Å². The molecule has 128 valence electrons. The molecule has 1 aliphatic heterocycles. The van der Waals surface area contributed by atoms with Gasteiger partial charge in [0, 0.05) is 23.0 Å². The Morgan fingerprint density at radius 1 is 1.50 bits per heavy atom. The Labute approximate surface area is 144 Å². The zero-order valence-corrected chi connectivity index (χ0v) is 14.1. The van der Waals surface area contributed by atoms with E-state index in [9.17, 15) is 9.59 Å². The molecule has 3 heterocycles. The summed E-state index contributed by atoms with van der Waals surface area (Å²) in [6.07, 6.45) is 2.02. The lowest BCUT2D eigenvalue weighted by atomic mass is 9.94. The van der Waals surface area contributed by atoms with Crippen molar-refractivity contribution in [3.8, 4) is 0 Å². The van der Waals surface area contributed by atoms with E-state index in [1.54, 1.807) is 17.4 Å². The molecule has 3 rings (SSSR count). The summed E-state index contributed by atoms with van der Waals surface area (Å²) in [4.78, 5) is 26.6. The Bertz CT molecular complexity index is 697. The first-order valence-corrected chi connectivity index (χ1v) is 8.86. The topological polar surface area (TPSA) is 104 Å². The van der Waals surface area contributed by atoms with Gasteiger partial charge in [-0.15, -0.1) is 11.3 Å². The highest BCUT2D eigenvalue weighted by Crippen LogP contribution is 2.25. The van der Waals surface area contributed by atoms with Crippen LogP contribution >= 0.6 is 11.3 Å². The maximum atomic E-state index is 12.1. The molecule has 4 N–H and O–H groups in total. The van der Waals surface area contributed by atoms with Gasteiger partial charge in [0.25, 0.3) is 5.91 Å². The second-order valence-corrected chi connectivity index (χ2v) is 7.04. The molecular weight excluding hydrogens is 326 g/mol. The van der Waals surface area contributed by atoms with Crippen LogP contribution in [0.4, 0.5) is 0 Å². The minimum atomic E-state index is -0.530. The molecule has 0 saturated carbocycles. The van der Waals surface area contributed by atoms with Crippen molar-refractivity contribution in [2.24, 2.45) is 5.73 Å². The first kappa shape index (κ1) is 16.7. The standard InChI is InChI=1S/C16H21N5O2S/c17-16(23)14-7-13(19-20-14)11-3-1-5-21(9-11)10-15(22)18-8-12-4-2-6-24-12/h2,4,6-7,11H,1,3,5,8-10H2,(H2,17,23)(H,18,22)(H,19,20)/t11-/m0/s1. The number of hydrogen-bond acceptors (Lipinski definition) is 5. The van der Waals surface area contributed by atoms with Crippen molar-refractivity contribution < 1.29 is 9.59 Å². The molecule has 24 heavy (non-hydrogen) atoms. The number of aromatic nitrogens is 2. The number of amides is 2. The number of rotatable bonds is 6. The lowest BCUT2D eigenvalue weighted by Crippen LogP contribution is -2.41. The van der Waals surface area contributed by atoms with Gasteiger partial charge in [-0.3, -0.25) is 19.6 Å². The van der Waals surface area contributed by atoms with Crippen LogP contribution in [0.3, 0.4) is 0 Å². The Balaban J connectivity index is 1.51. The van der Waals surface area contributed by atoms with Crippen LogP contribution in [0.1, 0.15) is 39.8 Å². The molecule has 8 heteroatoms. The average molecular weight is 347 g/mol. The van der Waals surface area contributed by atoms with Crippen molar-refractivity contribution in [2.45, 2.75) is 25.3 Å². The Morgan fingerprint density at radius 3 is 3.08 bits per heavy atom. The Kier molecular flexibility index (Phi) is 5.27. The van der Waals surface area contributed by atoms with Crippen LogP contribution in [0.25, 0.3) is 0 Å². The first-order valence-electron chi connectivity index (χ1n) is 7.98. The maximum Gasteiger partial charge on any atom is 0.269 e. The fraction of sp³-hybridized carbons (Fsp3) is 0.438. The van der Waals surface area contributed by atoms with Crippen molar-refractivity contribution in [1.82, 2.24) is 20.4 Å². The second-order valence-electron chi connectivity index (χ2n) is 6.00. The third-order valence-corrected chi connectivity index (χ3v) is 5.08. The largest absolute Gasteiger partial charge is 0.364 e. The molecule has 0 bridgehead atoms.